The first-order valence-corrected chi connectivity index (χ1v) is 14.5. The van der Waals surface area contributed by atoms with Gasteiger partial charge in [0.2, 0.25) is 0 Å². The molecule has 3 atom stereocenters. The third kappa shape index (κ3) is 5.35. The molecule has 2 aliphatic rings. The van der Waals surface area contributed by atoms with E-state index in [9.17, 15) is 24.5 Å². The molecule has 1 aromatic heterocycles. The standard InChI is InChI=1S/C29H25N3O8S2/c1-28(2)23(25(34)39-16-18-9-11-20(12-10-18)32(36)37)31-26(35)29(38-3,27(31)42-28)30-15-22(19-13-14-41-17-19)24(33)40-21-7-5-4-6-8-21/h4-14,17,23,27H,16H2,1-3H3/t23-,27+,29-/m0/s1. The number of esters is 2. The van der Waals surface area contributed by atoms with Crippen molar-refractivity contribution in [2.45, 2.75) is 42.3 Å². The number of methoxy groups -OCH3 is 1. The quantitative estimate of drug-likeness (QED) is 0.0656. The van der Waals surface area contributed by atoms with Gasteiger partial charge in [0, 0.05) is 35.4 Å². The number of rotatable bonds is 9. The Morgan fingerprint density at radius 1 is 1.12 bits per heavy atom. The molecule has 0 radical (unpaired) electrons. The number of aliphatic imine (C=N–C) groups is 1. The number of benzene rings is 2. The predicted molar refractivity (Wildman–Crippen MR) is 156 cm³/mol. The van der Waals surface area contributed by atoms with E-state index >= 15 is 0 Å². The summed E-state index contributed by atoms with van der Waals surface area (Å²) in [5.41, 5.74) is -0.693. The highest BCUT2D eigenvalue weighted by atomic mass is 32.2. The Labute approximate surface area is 248 Å². The summed E-state index contributed by atoms with van der Waals surface area (Å²) in [7, 11) is 1.33. The molecule has 1 amide bonds. The molecule has 11 nitrogen and oxygen atoms in total. The minimum atomic E-state index is -1.72. The molecule has 0 saturated carbocycles. The second kappa shape index (κ2) is 11.5. The number of thiophene rings is 1. The molecule has 42 heavy (non-hydrogen) atoms. The molecule has 216 valence electrons. The third-order valence-electron chi connectivity index (χ3n) is 6.84. The van der Waals surface area contributed by atoms with E-state index in [-0.39, 0.29) is 17.9 Å². The van der Waals surface area contributed by atoms with Crippen LogP contribution in [-0.2, 0) is 30.5 Å². The molecule has 3 aromatic rings. The maximum absolute atomic E-state index is 13.6. The average Bonchev–Trinajstić information content (AvgIpc) is 3.59. The zero-order chi connectivity index (χ0) is 30.1. The fourth-order valence-electron chi connectivity index (χ4n) is 4.70. The van der Waals surface area contributed by atoms with Gasteiger partial charge in [0.1, 0.15) is 29.3 Å². The third-order valence-corrected chi connectivity index (χ3v) is 9.13. The molecule has 5 rings (SSSR count). The smallest absolute Gasteiger partial charge is 0.353 e. The summed E-state index contributed by atoms with van der Waals surface area (Å²) < 4.78 is 15.9. The molecule has 0 N–H and O–H groups in total. The van der Waals surface area contributed by atoms with Crippen molar-refractivity contribution in [2.75, 3.05) is 7.11 Å². The lowest BCUT2D eigenvalue weighted by Crippen LogP contribution is -2.73. The summed E-state index contributed by atoms with van der Waals surface area (Å²) in [6.07, 6.45) is 0. The van der Waals surface area contributed by atoms with Gasteiger partial charge in [-0.05, 0) is 60.5 Å². The van der Waals surface area contributed by atoms with Crippen molar-refractivity contribution in [3.05, 3.63) is 92.7 Å². The van der Waals surface area contributed by atoms with Gasteiger partial charge in [0.25, 0.3) is 17.3 Å². The molecule has 2 fully saturated rings. The molecule has 0 unspecified atom stereocenters. The van der Waals surface area contributed by atoms with Crippen molar-refractivity contribution in [3.63, 3.8) is 0 Å². The molecule has 2 aliphatic heterocycles. The normalized spacial score (nSPS) is 21.9. The number of nitro groups is 1. The van der Waals surface area contributed by atoms with E-state index in [0.29, 0.717) is 16.9 Å². The number of β-lactam (4-membered cyclic amide) rings is 1. The summed E-state index contributed by atoms with van der Waals surface area (Å²) in [6.45, 7) is 3.51. The van der Waals surface area contributed by atoms with Gasteiger partial charge in [-0.3, -0.25) is 14.9 Å². The van der Waals surface area contributed by atoms with Crippen molar-refractivity contribution in [1.29, 1.82) is 0 Å². The van der Waals surface area contributed by atoms with Crippen LogP contribution in [0.4, 0.5) is 5.69 Å². The fourth-order valence-corrected chi connectivity index (χ4v) is 7.00. The monoisotopic (exact) mass is 607 g/mol. The Morgan fingerprint density at radius 3 is 2.45 bits per heavy atom. The highest BCUT2D eigenvalue weighted by Crippen LogP contribution is 2.56. The number of carbonyl (C=O) groups excluding carboxylic acids is 3. The number of nitrogens with zero attached hydrogens (tertiary/aromatic N) is 3. The molecule has 0 bridgehead atoms. The molecular formula is C29H25N3O8S2. The minimum Gasteiger partial charge on any atom is -0.459 e. The zero-order valence-electron chi connectivity index (χ0n) is 22.7. The number of thioether (sulfide) groups is 1. The number of ether oxygens (including phenoxy) is 3. The number of amides is 1. The Kier molecular flexibility index (Phi) is 8.02. The first kappa shape index (κ1) is 29.2. The first-order chi connectivity index (χ1) is 20.1. The van der Waals surface area contributed by atoms with Crippen LogP contribution < -0.4 is 4.74 Å². The molecule has 0 aliphatic carbocycles. The van der Waals surface area contributed by atoms with Crippen LogP contribution in [0.5, 0.6) is 5.75 Å². The lowest BCUT2D eigenvalue weighted by molar-refractivity contribution is -0.384. The van der Waals surface area contributed by atoms with Gasteiger partial charge in [-0.2, -0.15) is 16.3 Å². The van der Waals surface area contributed by atoms with E-state index in [1.54, 1.807) is 47.2 Å². The number of nitro benzene ring substituents is 1. The second-order valence-electron chi connectivity index (χ2n) is 9.93. The van der Waals surface area contributed by atoms with Crippen LogP contribution in [0.25, 0.3) is 5.57 Å². The van der Waals surface area contributed by atoms with E-state index in [2.05, 4.69) is 10.9 Å². The van der Waals surface area contributed by atoms with Crippen LogP contribution in [0.3, 0.4) is 0 Å². The van der Waals surface area contributed by atoms with E-state index in [0.717, 1.165) is 0 Å². The molecule has 0 spiro atoms. The second-order valence-corrected chi connectivity index (χ2v) is 12.4. The predicted octanol–water partition coefficient (Wildman–Crippen LogP) is 4.46. The van der Waals surface area contributed by atoms with E-state index in [1.807, 2.05) is 13.8 Å². The molecule has 3 heterocycles. The van der Waals surface area contributed by atoms with Crippen LogP contribution in [0.15, 0.2) is 76.4 Å². The van der Waals surface area contributed by atoms with Crippen molar-refractivity contribution in [2.24, 2.45) is 4.99 Å². The number of carbonyl (C=O) groups is 3. The van der Waals surface area contributed by atoms with Crippen LogP contribution in [0.2, 0.25) is 0 Å². The van der Waals surface area contributed by atoms with Crippen LogP contribution in [-0.4, -0.2) is 62.5 Å². The zero-order valence-corrected chi connectivity index (χ0v) is 24.3. The van der Waals surface area contributed by atoms with Gasteiger partial charge < -0.3 is 19.1 Å². The maximum atomic E-state index is 13.6. The van der Waals surface area contributed by atoms with Crippen molar-refractivity contribution >= 4 is 58.1 Å². The Bertz CT molecular complexity index is 1580. The number of para-hydroxylation sites is 1. The van der Waals surface area contributed by atoms with Gasteiger partial charge in [0.15, 0.2) is 0 Å². The molecule has 2 aromatic carbocycles. The number of hydrogen-bond donors (Lipinski definition) is 0. The Balaban J connectivity index is 1.38. The van der Waals surface area contributed by atoms with Crippen LogP contribution in [0.1, 0.15) is 25.0 Å². The molecule has 2 saturated heterocycles. The SMILES string of the molecule is CO[C@@]1(N=C=C(C(=O)Oc2ccccc2)c2ccsc2)C(=O)N2[C@@H](C(=O)OCc3ccc([N+](=O)[O-])cc3)C(C)(C)S[C@@H]21. The fraction of sp³-hybridized carbons (Fsp3) is 0.276. The van der Waals surface area contributed by atoms with Gasteiger partial charge in [-0.25, -0.2) is 9.59 Å². The lowest BCUT2D eigenvalue weighted by atomic mass is 9.94. The van der Waals surface area contributed by atoms with E-state index < -0.39 is 44.7 Å². The first-order valence-electron chi connectivity index (χ1n) is 12.7. The summed E-state index contributed by atoms with van der Waals surface area (Å²) >= 11 is 2.70. The molecular weight excluding hydrogens is 582 g/mol. The number of fused-ring (bicyclic) bond motifs is 1. The Hall–Kier alpha value is -4.29. The maximum Gasteiger partial charge on any atom is 0.353 e. The highest BCUT2D eigenvalue weighted by Gasteiger charge is 2.73. The summed E-state index contributed by atoms with van der Waals surface area (Å²) in [4.78, 5) is 56.1. The van der Waals surface area contributed by atoms with Gasteiger partial charge in [-0.1, -0.05) is 18.2 Å². The van der Waals surface area contributed by atoms with Gasteiger partial charge in [0.05, 0.1) is 4.92 Å². The average molecular weight is 608 g/mol. The van der Waals surface area contributed by atoms with Crippen LogP contribution in [0, 0.1) is 10.1 Å². The Morgan fingerprint density at radius 2 is 1.83 bits per heavy atom. The lowest BCUT2D eigenvalue weighted by Gasteiger charge is -2.48. The highest BCUT2D eigenvalue weighted by molar-refractivity contribution is 8.01. The van der Waals surface area contributed by atoms with Gasteiger partial charge in [-0.15, -0.1) is 11.8 Å². The van der Waals surface area contributed by atoms with E-state index in [1.165, 1.54) is 59.4 Å². The van der Waals surface area contributed by atoms with E-state index in [4.69, 9.17) is 14.2 Å². The summed E-state index contributed by atoms with van der Waals surface area (Å²) in [5.74, 6) is 1.17. The summed E-state index contributed by atoms with van der Waals surface area (Å²) in [5, 5.41) is 13.7. The molecule has 13 heteroatoms. The van der Waals surface area contributed by atoms with Crippen molar-refractivity contribution in [1.82, 2.24) is 4.90 Å². The topological polar surface area (TPSA) is 138 Å². The number of hydrogen-bond acceptors (Lipinski definition) is 11. The van der Waals surface area contributed by atoms with Crippen molar-refractivity contribution < 1.29 is 33.5 Å². The summed E-state index contributed by atoms with van der Waals surface area (Å²) in [6, 6.07) is 15.0. The largest absolute Gasteiger partial charge is 0.459 e. The minimum absolute atomic E-state index is 0.0177. The van der Waals surface area contributed by atoms with Crippen LogP contribution >= 0.6 is 23.1 Å². The van der Waals surface area contributed by atoms with Crippen molar-refractivity contribution in [3.8, 4) is 5.75 Å². The van der Waals surface area contributed by atoms with Gasteiger partial charge >= 0.3 is 11.9 Å². The number of non-ortho nitro benzene ring substituents is 1.